The number of benzene rings is 3. The van der Waals surface area contributed by atoms with Gasteiger partial charge in [-0.1, -0.05) is 29.8 Å². The first kappa shape index (κ1) is 24.3. The fourth-order valence-electron chi connectivity index (χ4n) is 3.27. The first-order valence-corrected chi connectivity index (χ1v) is 11.0. The zero-order valence-corrected chi connectivity index (χ0v) is 19.4. The predicted molar refractivity (Wildman–Crippen MR) is 127 cm³/mol. The average Bonchev–Trinajstić information content (AvgIpc) is 3.22. The highest BCUT2D eigenvalue weighted by atomic mass is 35.5. The number of alkyl halides is 3. The number of anilines is 1. The smallest absolute Gasteiger partial charge is 0.416 e. The third kappa shape index (κ3) is 5.81. The predicted octanol–water partition coefficient (Wildman–Crippen LogP) is 6.65. The van der Waals surface area contributed by atoms with Crippen LogP contribution in [-0.2, 0) is 6.18 Å². The van der Waals surface area contributed by atoms with Gasteiger partial charge in [0.2, 0.25) is 0 Å². The minimum absolute atomic E-state index is 0.0331. The fourth-order valence-corrected chi connectivity index (χ4v) is 3.46. The van der Waals surface area contributed by atoms with Gasteiger partial charge in [0.25, 0.3) is 5.91 Å². The lowest BCUT2D eigenvalue weighted by molar-refractivity contribution is -0.137. The first-order valence-electron chi connectivity index (χ1n) is 10.6. The molecule has 35 heavy (non-hydrogen) atoms. The van der Waals surface area contributed by atoms with Gasteiger partial charge < -0.3 is 10.1 Å². The summed E-state index contributed by atoms with van der Waals surface area (Å²) in [6.07, 6.45) is -4.73. The van der Waals surface area contributed by atoms with Crippen LogP contribution in [0.3, 0.4) is 0 Å². The number of carbonyl (C=O) groups is 1. The van der Waals surface area contributed by atoms with E-state index in [2.05, 4.69) is 15.4 Å². The summed E-state index contributed by atoms with van der Waals surface area (Å²) in [5, 5.41) is 7.56. The van der Waals surface area contributed by atoms with Gasteiger partial charge in [-0.2, -0.15) is 18.2 Å². The van der Waals surface area contributed by atoms with Gasteiger partial charge in [0.15, 0.2) is 5.82 Å². The molecule has 0 aliphatic carbocycles. The molecule has 1 amide bonds. The molecular weight excluding hydrogens is 481 g/mol. The Bertz CT molecular complexity index is 1350. The van der Waals surface area contributed by atoms with Crippen LogP contribution >= 0.6 is 11.6 Å². The lowest BCUT2D eigenvalue weighted by Crippen LogP contribution is -2.11. The van der Waals surface area contributed by atoms with Gasteiger partial charge in [-0.05, 0) is 68.4 Å². The normalized spacial score (nSPS) is 11.5. The van der Waals surface area contributed by atoms with Gasteiger partial charge in [0.05, 0.1) is 17.4 Å². The molecule has 0 bridgehead atoms. The van der Waals surface area contributed by atoms with Gasteiger partial charge in [-0.3, -0.25) is 4.79 Å². The second kappa shape index (κ2) is 9.79. The third-order valence-electron chi connectivity index (χ3n) is 4.83. The Labute approximate surface area is 204 Å². The molecule has 0 atom stereocenters. The number of halogens is 4. The Morgan fingerprint density at radius 1 is 1.03 bits per heavy atom. The number of rotatable bonds is 6. The maximum Gasteiger partial charge on any atom is 0.416 e. The number of hydrogen-bond donors (Lipinski definition) is 1. The Kier molecular flexibility index (Phi) is 6.79. The van der Waals surface area contributed by atoms with E-state index < -0.39 is 11.7 Å². The third-order valence-corrected chi connectivity index (χ3v) is 5.07. The van der Waals surface area contributed by atoms with Gasteiger partial charge in [0.1, 0.15) is 0 Å². The van der Waals surface area contributed by atoms with E-state index in [0.29, 0.717) is 22.0 Å². The number of carbonyl (C=O) groups excluding carboxylic acids is 1. The summed E-state index contributed by atoms with van der Waals surface area (Å²) in [5.74, 6) is -0.152. The second-order valence-electron chi connectivity index (χ2n) is 7.89. The first-order chi connectivity index (χ1) is 16.6. The molecular formula is C25H20ClF3N4O2. The van der Waals surface area contributed by atoms with Crippen molar-refractivity contribution in [2.75, 3.05) is 5.32 Å². The van der Waals surface area contributed by atoms with Crippen LogP contribution in [-0.4, -0.2) is 26.8 Å². The van der Waals surface area contributed by atoms with E-state index in [1.54, 1.807) is 62.4 Å². The standard InChI is InChI=1S/C25H20ClF3N4O2/c1-15(2)35-24-31-22(16-5-3-7-18(13-16)25(27,28)29)33(32-24)21-11-9-20(10-12-21)30-23(34)17-6-4-8-19(26)14-17/h3-15H,1-2H3,(H,30,34). The van der Waals surface area contributed by atoms with Crippen LogP contribution in [0.4, 0.5) is 18.9 Å². The molecule has 0 saturated heterocycles. The van der Waals surface area contributed by atoms with Crippen molar-refractivity contribution in [3.8, 4) is 23.1 Å². The molecule has 3 aromatic carbocycles. The SMILES string of the molecule is CC(C)Oc1nc(-c2cccc(C(F)(F)F)c2)n(-c2ccc(NC(=O)c3cccc(Cl)c3)cc2)n1. The summed E-state index contributed by atoms with van der Waals surface area (Å²) in [7, 11) is 0. The van der Waals surface area contributed by atoms with E-state index >= 15 is 0 Å². The zero-order chi connectivity index (χ0) is 25.2. The molecule has 0 saturated carbocycles. The van der Waals surface area contributed by atoms with Crippen molar-refractivity contribution in [3.05, 3.63) is 88.9 Å². The van der Waals surface area contributed by atoms with Crippen molar-refractivity contribution in [2.24, 2.45) is 0 Å². The Morgan fingerprint density at radius 2 is 1.74 bits per heavy atom. The lowest BCUT2D eigenvalue weighted by atomic mass is 10.1. The van der Waals surface area contributed by atoms with E-state index in [1.807, 2.05) is 0 Å². The lowest BCUT2D eigenvalue weighted by Gasteiger charge is -2.10. The summed E-state index contributed by atoms with van der Waals surface area (Å²) < 4.78 is 46.8. The summed E-state index contributed by atoms with van der Waals surface area (Å²) in [6.45, 7) is 3.59. The largest absolute Gasteiger partial charge is 0.460 e. The van der Waals surface area contributed by atoms with Gasteiger partial charge >= 0.3 is 12.2 Å². The van der Waals surface area contributed by atoms with E-state index in [4.69, 9.17) is 16.3 Å². The molecule has 4 rings (SSSR count). The molecule has 0 unspecified atom stereocenters. The maximum absolute atomic E-state index is 13.3. The molecule has 1 N–H and O–H groups in total. The molecule has 1 heterocycles. The van der Waals surface area contributed by atoms with Crippen LogP contribution in [0, 0.1) is 0 Å². The van der Waals surface area contributed by atoms with Crippen LogP contribution in [0.15, 0.2) is 72.8 Å². The molecule has 0 aliphatic heterocycles. The molecule has 4 aromatic rings. The van der Waals surface area contributed by atoms with E-state index in [-0.39, 0.29) is 29.4 Å². The van der Waals surface area contributed by atoms with Crippen LogP contribution in [0.2, 0.25) is 5.02 Å². The van der Waals surface area contributed by atoms with Crippen molar-refractivity contribution < 1.29 is 22.7 Å². The zero-order valence-electron chi connectivity index (χ0n) is 18.7. The number of aromatic nitrogens is 3. The summed E-state index contributed by atoms with van der Waals surface area (Å²) in [6, 6.07) is 18.1. The molecule has 0 spiro atoms. The van der Waals surface area contributed by atoms with Crippen LogP contribution in [0.1, 0.15) is 29.8 Å². The van der Waals surface area contributed by atoms with Crippen molar-refractivity contribution in [1.82, 2.24) is 14.8 Å². The number of nitrogens with one attached hydrogen (secondary N) is 1. The van der Waals surface area contributed by atoms with Gasteiger partial charge in [0, 0.05) is 21.8 Å². The van der Waals surface area contributed by atoms with Gasteiger partial charge in [-0.15, -0.1) is 5.10 Å². The Hall–Kier alpha value is -3.85. The Balaban J connectivity index is 1.66. The number of amides is 1. The van der Waals surface area contributed by atoms with Crippen LogP contribution in [0.25, 0.3) is 17.1 Å². The van der Waals surface area contributed by atoms with Gasteiger partial charge in [-0.25, -0.2) is 4.68 Å². The van der Waals surface area contributed by atoms with Crippen LogP contribution in [0.5, 0.6) is 6.01 Å². The monoisotopic (exact) mass is 500 g/mol. The molecule has 0 radical (unpaired) electrons. The molecule has 10 heteroatoms. The topological polar surface area (TPSA) is 69.0 Å². The average molecular weight is 501 g/mol. The highest BCUT2D eigenvalue weighted by Crippen LogP contribution is 2.33. The van der Waals surface area contributed by atoms with Crippen LogP contribution < -0.4 is 10.1 Å². The van der Waals surface area contributed by atoms with E-state index in [0.717, 1.165) is 12.1 Å². The number of ether oxygens (including phenoxy) is 1. The highest BCUT2D eigenvalue weighted by Gasteiger charge is 2.31. The van der Waals surface area contributed by atoms with Crippen molar-refractivity contribution in [1.29, 1.82) is 0 Å². The summed E-state index contributed by atoms with van der Waals surface area (Å²) in [4.78, 5) is 16.8. The minimum Gasteiger partial charge on any atom is -0.460 e. The summed E-state index contributed by atoms with van der Waals surface area (Å²) in [5.41, 5.74) is 0.863. The fraction of sp³-hybridized carbons (Fsp3) is 0.160. The Morgan fingerprint density at radius 3 is 2.40 bits per heavy atom. The minimum atomic E-state index is -4.50. The molecule has 0 fully saturated rings. The highest BCUT2D eigenvalue weighted by molar-refractivity contribution is 6.31. The molecule has 0 aliphatic rings. The number of nitrogens with zero attached hydrogens (tertiary/aromatic N) is 3. The second-order valence-corrected chi connectivity index (χ2v) is 8.32. The quantitative estimate of drug-likeness (QED) is 0.322. The van der Waals surface area contributed by atoms with Crippen molar-refractivity contribution in [2.45, 2.75) is 26.1 Å². The van der Waals surface area contributed by atoms with E-state index in [9.17, 15) is 18.0 Å². The van der Waals surface area contributed by atoms with E-state index in [1.165, 1.54) is 16.8 Å². The van der Waals surface area contributed by atoms with Crippen molar-refractivity contribution in [3.63, 3.8) is 0 Å². The molecule has 180 valence electrons. The maximum atomic E-state index is 13.3. The summed E-state index contributed by atoms with van der Waals surface area (Å²) >= 11 is 5.95. The molecule has 6 nitrogen and oxygen atoms in total. The molecule has 1 aromatic heterocycles. The van der Waals surface area contributed by atoms with Crippen molar-refractivity contribution >= 4 is 23.2 Å². The number of hydrogen-bond acceptors (Lipinski definition) is 4.